The quantitative estimate of drug-likeness (QED) is 0.0335. The largest absolute Gasteiger partial charge is 0.493 e. The number of rotatable bonds is 78. The number of ether oxygens (including phenoxy) is 14. The summed E-state index contributed by atoms with van der Waals surface area (Å²) in [6.07, 6.45) is 74.1. The van der Waals surface area contributed by atoms with E-state index in [1.807, 2.05) is 0 Å². The summed E-state index contributed by atoms with van der Waals surface area (Å²) in [7, 11) is 0. The van der Waals surface area contributed by atoms with Gasteiger partial charge in [-0.2, -0.15) is 0 Å². The van der Waals surface area contributed by atoms with E-state index in [4.69, 9.17) is 66.3 Å². The van der Waals surface area contributed by atoms with Crippen LogP contribution < -0.4 is 66.3 Å². The second-order valence-corrected chi connectivity index (χ2v) is 41.7. The Morgan fingerprint density at radius 3 is 0.515 bits per heavy atom. The van der Waals surface area contributed by atoms with Crippen molar-refractivity contribution >= 4 is 45.3 Å². The predicted octanol–water partition coefficient (Wildman–Crippen LogP) is 36.8. The molecular weight excluding hydrogens is 1720 g/mol. The highest BCUT2D eigenvalue weighted by molar-refractivity contribution is 7.20. The molecule has 0 unspecified atom stereocenters. The molecule has 3 aromatic carbocycles. The third-order valence-corrected chi connectivity index (χ3v) is 31.0. The van der Waals surface area contributed by atoms with Crippen LogP contribution in [-0.2, 0) is 0 Å². The molecule has 11 rings (SSSR count). The lowest BCUT2D eigenvalue weighted by atomic mass is 10.0. The Balaban J connectivity index is 1.02. The van der Waals surface area contributed by atoms with Crippen molar-refractivity contribution in [2.45, 2.75) is 427 Å². The van der Waals surface area contributed by atoms with Crippen molar-refractivity contribution in [3.05, 3.63) is 47.2 Å². The van der Waals surface area contributed by atoms with Crippen LogP contribution in [-0.4, -0.2) is 92.5 Å². The van der Waals surface area contributed by atoms with Gasteiger partial charge in [0.2, 0.25) is 0 Å². The molecule has 0 radical (unpaired) electrons. The van der Waals surface area contributed by atoms with Crippen molar-refractivity contribution < 1.29 is 66.3 Å². The maximum atomic E-state index is 7.49. The van der Waals surface area contributed by atoms with Crippen LogP contribution in [0.5, 0.6) is 80.5 Å². The molecule has 0 bridgehead atoms. The Morgan fingerprint density at radius 2 is 0.333 bits per heavy atom. The first-order chi connectivity index (χ1) is 65.5. The van der Waals surface area contributed by atoms with E-state index in [9.17, 15) is 0 Å². The zero-order chi connectivity index (χ0) is 91.7. The van der Waals surface area contributed by atoms with Gasteiger partial charge in [-0.3, -0.25) is 0 Å². The highest BCUT2D eigenvalue weighted by Crippen LogP contribution is 2.63. The number of hydrogen-bond donors (Lipinski definition) is 0. The van der Waals surface area contributed by atoms with E-state index in [1.54, 1.807) is 45.3 Å². The molecule has 18 heteroatoms. The summed E-state index contributed by atoms with van der Waals surface area (Å²) in [4.78, 5) is 5.63. The topological polar surface area (TPSA) is 129 Å². The number of fused-ring (bicyclic) bond motifs is 4. The first kappa shape index (κ1) is 106. The molecule has 0 fully saturated rings. The lowest BCUT2D eigenvalue weighted by Crippen LogP contribution is -2.15. The molecule has 132 heavy (non-hydrogen) atoms. The van der Waals surface area contributed by atoms with Crippen LogP contribution in [0.1, 0.15) is 427 Å². The molecule has 0 aliphatic carbocycles. The van der Waals surface area contributed by atoms with Crippen LogP contribution in [0.15, 0.2) is 47.2 Å². The van der Waals surface area contributed by atoms with Crippen molar-refractivity contribution in [3.63, 3.8) is 0 Å². The monoisotopic (exact) mass is 1900 g/mol. The predicted molar refractivity (Wildman–Crippen MR) is 559 cm³/mol. The summed E-state index contributed by atoms with van der Waals surface area (Å²) < 4.78 is 97.9. The van der Waals surface area contributed by atoms with E-state index in [1.165, 1.54) is 308 Å². The van der Waals surface area contributed by atoms with Gasteiger partial charge in [-0.05, 0) is 74.9 Å². The molecule has 0 N–H and O–H groups in total. The molecule has 14 nitrogen and oxygen atoms in total. The first-order valence-electron chi connectivity index (χ1n) is 54.4. The zero-order valence-corrected chi connectivity index (χ0v) is 86.6. The van der Waals surface area contributed by atoms with Gasteiger partial charge >= 0.3 is 0 Å². The zero-order valence-electron chi connectivity index (χ0n) is 83.3. The maximum Gasteiger partial charge on any atom is 0.180 e. The second-order valence-electron chi connectivity index (χ2n) is 37.9. The number of unbranched alkanes of at least 4 members (excludes halogenated alkanes) is 54. The Kier molecular flexibility index (Phi) is 52.0. The molecule has 0 spiro atoms. The van der Waals surface area contributed by atoms with E-state index in [2.05, 4.69) is 88.7 Å². The molecule has 0 amide bonds. The van der Waals surface area contributed by atoms with Crippen molar-refractivity contribution in [3.8, 4) is 143 Å². The van der Waals surface area contributed by atoms with Gasteiger partial charge in [0.1, 0.15) is 87.4 Å². The molecule has 4 aromatic heterocycles. The minimum Gasteiger partial charge on any atom is -0.493 e. The maximum absolute atomic E-state index is 7.49. The average molecular weight is 1900 g/mol. The van der Waals surface area contributed by atoms with Gasteiger partial charge in [0.25, 0.3) is 0 Å². The molecule has 0 atom stereocenters. The molecule has 0 saturated heterocycles. The highest BCUT2D eigenvalue weighted by atomic mass is 32.1. The SMILES string of the molecule is CCCCCCCCCCCCOc1cc(-c2sc(-c3cc(OCCCCCCCCCCCC)c(-c4sc(-c5cc(OCCCCCCCCCCCC)c(-c6scc7c6OCCO7)cc5OCCCCCCCCCCCC)c5c4OCCO5)cc3OCCCCCCCCCCCC)c3c2OCCO3)c(OCCCCCCCCCCCC)cc1-c1scc2c1OCCO2. The Morgan fingerprint density at radius 1 is 0.182 bits per heavy atom. The summed E-state index contributed by atoms with van der Waals surface area (Å²) in [6, 6.07) is 13.5. The van der Waals surface area contributed by atoms with Gasteiger partial charge in [0.15, 0.2) is 46.0 Å². The molecule has 7 aromatic rings. The molecule has 8 heterocycles. The van der Waals surface area contributed by atoms with Gasteiger partial charge in [-0.15, -0.1) is 45.3 Å². The Bertz CT molecular complexity index is 3980. The van der Waals surface area contributed by atoms with Crippen LogP contribution in [0.3, 0.4) is 0 Å². The van der Waals surface area contributed by atoms with E-state index in [0.29, 0.717) is 115 Å². The van der Waals surface area contributed by atoms with Crippen molar-refractivity contribution in [1.29, 1.82) is 0 Å². The van der Waals surface area contributed by atoms with E-state index >= 15 is 0 Å². The van der Waals surface area contributed by atoms with E-state index in [0.717, 1.165) is 197 Å². The second kappa shape index (κ2) is 64.7. The number of benzene rings is 3. The van der Waals surface area contributed by atoms with Gasteiger partial charge in [-0.25, -0.2) is 0 Å². The standard InChI is InChI=1S/C114H174O14S4/c1-7-13-19-25-31-37-43-49-55-61-67-115-95-83-91(97(117-69-63-57-51-45-39-33-27-21-15-9-3)81-89(95)109-103-101(87-129-109)121-73-75-123-103)111-105-107(127-79-77-125-105)113(131-111)93-85-100(120-72-66-60-54-48-42-36-30-24-18-12-6)94(86-99(93)119-71-65-59-53-47-41-35-29-23-17-11-5)114-108-106(126-78-80-128-108)112(132-114)92-84-96(116-68-62-56-50-44-38-32-26-20-14-8-2)90(110-104-102(88-130-110)122-74-76-124-104)82-98(92)118-70-64-58-52-46-40-34-28-22-16-10-4/h81-88H,7-80H2,1-6H3. The van der Waals surface area contributed by atoms with Crippen molar-refractivity contribution in [2.24, 2.45) is 0 Å². The third-order valence-electron chi connectivity index (χ3n) is 26.6. The minimum atomic E-state index is 0.391. The fourth-order valence-corrected chi connectivity index (χ4v) is 23.2. The Labute approximate surface area is 815 Å². The number of thiophene rings is 4. The molecule has 4 aliphatic heterocycles. The fraction of sp³-hybridized carbons (Fsp3) is 0.702. The lowest BCUT2D eigenvalue weighted by molar-refractivity contribution is 0.174. The molecular formula is C114H174O14S4. The lowest BCUT2D eigenvalue weighted by Gasteiger charge is -2.22. The Hall–Kier alpha value is -6.34. The average Bonchev–Trinajstić information content (AvgIpc) is 1.58. The first-order valence-corrected chi connectivity index (χ1v) is 57.8. The summed E-state index contributed by atoms with van der Waals surface area (Å²) in [6.45, 7) is 20.7. The molecule has 738 valence electrons. The summed E-state index contributed by atoms with van der Waals surface area (Å²) in [5, 5.41) is 4.18. The van der Waals surface area contributed by atoms with E-state index in [-0.39, 0.29) is 0 Å². The third kappa shape index (κ3) is 35.3. The van der Waals surface area contributed by atoms with Gasteiger partial charge in [0, 0.05) is 44.1 Å². The van der Waals surface area contributed by atoms with E-state index < -0.39 is 0 Å². The van der Waals surface area contributed by atoms with Crippen molar-refractivity contribution in [1.82, 2.24) is 0 Å². The van der Waals surface area contributed by atoms with Crippen LogP contribution >= 0.6 is 45.3 Å². The summed E-state index contributed by atoms with van der Waals surface area (Å²) >= 11 is 6.66. The van der Waals surface area contributed by atoms with Crippen LogP contribution in [0, 0.1) is 0 Å². The van der Waals surface area contributed by atoms with Crippen LogP contribution in [0.2, 0.25) is 0 Å². The molecule has 4 aliphatic rings. The normalized spacial score (nSPS) is 13.2. The summed E-state index contributed by atoms with van der Waals surface area (Å²) in [5.74, 6) is 10.5. The van der Waals surface area contributed by atoms with Crippen molar-refractivity contribution in [2.75, 3.05) is 92.5 Å². The van der Waals surface area contributed by atoms with Crippen LogP contribution in [0.25, 0.3) is 62.6 Å². The van der Waals surface area contributed by atoms with Crippen LogP contribution in [0.4, 0.5) is 0 Å². The van der Waals surface area contributed by atoms with Gasteiger partial charge < -0.3 is 66.3 Å². The minimum absolute atomic E-state index is 0.391. The number of hydrogen-bond acceptors (Lipinski definition) is 18. The fourth-order valence-electron chi connectivity index (χ4n) is 18.8. The molecule has 0 saturated carbocycles. The van der Waals surface area contributed by atoms with Gasteiger partial charge in [0.05, 0.1) is 68.9 Å². The van der Waals surface area contributed by atoms with Gasteiger partial charge in [-0.1, -0.05) is 388 Å². The summed E-state index contributed by atoms with van der Waals surface area (Å²) in [5.41, 5.74) is 5.49. The smallest absolute Gasteiger partial charge is 0.180 e. The highest BCUT2D eigenvalue weighted by Gasteiger charge is 2.36.